The van der Waals surface area contributed by atoms with Gasteiger partial charge in [-0.1, -0.05) is 25.6 Å². The molecule has 4 rings (SSSR count). The quantitative estimate of drug-likeness (QED) is 0.417. The number of nitrogens with zero attached hydrogens (tertiary/aromatic N) is 1. The third-order valence-corrected chi connectivity index (χ3v) is 7.20. The molecular formula is C22H24INOS. The number of hydrogen-bond donors (Lipinski definition) is 1. The maximum atomic E-state index is 9.76. The summed E-state index contributed by atoms with van der Waals surface area (Å²) in [5.41, 5.74) is 5.48. The Hall–Kier alpha value is -1.14. The Bertz CT molecular complexity index is 990. The fourth-order valence-electron chi connectivity index (χ4n) is 3.98. The van der Waals surface area contributed by atoms with Crippen molar-refractivity contribution in [2.45, 2.75) is 62.3 Å². The normalized spacial score (nSPS) is 14.2. The molecule has 0 bridgehead atoms. The number of rotatable bonds is 3. The third kappa shape index (κ3) is 3.15. The summed E-state index contributed by atoms with van der Waals surface area (Å²) in [7, 11) is 0. The maximum absolute atomic E-state index is 9.76. The van der Waals surface area contributed by atoms with Gasteiger partial charge in [-0.3, -0.25) is 0 Å². The van der Waals surface area contributed by atoms with Crippen LogP contribution in [0.25, 0.3) is 10.9 Å². The Balaban J connectivity index is 1.98. The molecule has 0 aliphatic carbocycles. The summed E-state index contributed by atoms with van der Waals surface area (Å²) in [6, 6.07) is 10.4. The molecule has 136 valence electrons. The van der Waals surface area contributed by atoms with Gasteiger partial charge in [-0.25, -0.2) is 0 Å². The second kappa shape index (κ2) is 7.12. The summed E-state index contributed by atoms with van der Waals surface area (Å²) in [5.74, 6) is 0.838. The molecule has 1 aromatic heterocycles. The number of hydrogen-bond acceptors (Lipinski definition) is 2. The molecule has 0 fully saturated rings. The van der Waals surface area contributed by atoms with Crippen molar-refractivity contribution in [2.24, 2.45) is 0 Å². The van der Waals surface area contributed by atoms with Gasteiger partial charge in [0.25, 0.3) is 0 Å². The van der Waals surface area contributed by atoms with Gasteiger partial charge in [-0.05, 0) is 96.2 Å². The highest BCUT2D eigenvalue weighted by Gasteiger charge is 2.24. The van der Waals surface area contributed by atoms with E-state index in [4.69, 9.17) is 0 Å². The van der Waals surface area contributed by atoms with E-state index in [0.717, 1.165) is 18.5 Å². The van der Waals surface area contributed by atoms with Crippen molar-refractivity contribution in [2.75, 3.05) is 0 Å². The third-order valence-electron chi connectivity index (χ3n) is 5.26. The van der Waals surface area contributed by atoms with Crippen LogP contribution in [0.5, 0.6) is 5.75 Å². The number of phenolic OH excluding ortho intramolecular Hbond substituents is 1. The van der Waals surface area contributed by atoms with E-state index in [-0.39, 0.29) is 0 Å². The average Bonchev–Trinajstić information content (AvgIpc) is 2.90. The molecule has 1 aliphatic rings. The first-order valence-corrected chi connectivity index (χ1v) is 11.2. The van der Waals surface area contributed by atoms with Crippen molar-refractivity contribution < 1.29 is 5.11 Å². The summed E-state index contributed by atoms with van der Waals surface area (Å²) >= 11 is 4.33. The first kappa shape index (κ1) is 18.2. The molecule has 0 saturated heterocycles. The molecule has 3 aromatic rings. The lowest BCUT2D eigenvalue weighted by atomic mass is 9.99. The predicted molar refractivity (Wildman–Crippen MR) is 119 cm³/mol. The smallest absolute Gasteiger partial charge is 0.115 e. The lowest BCUT2D eigenvalue weighted by Gasteiger charge is -2.17. The minimum atomic E-state index is 0.341. The highest BCUT2D eigenvalue weighted by molar-refractivity contribution is 14.1. The standard InChI is InChI=1S/C22H24INOS/c1-13(2)17-11-15(23)12-19-21(17)22(18-6-4-5-9-24(18)19)26-20-8-7-16(25)10-14(20)3/h7-8,10-13,25H,4-6,9H2,1-3H3. The first-order valence-electron chi connectivity index (χ1n) is 9.27. The lowest BCUT2D eigenvalue weighted by Crippen LogP contribution is -2.09. The van der Waals surface area contributed by atoms with Crippen LogP contribution < -0.4 is 0 Å². The van der Waals surface area contributed by atoms with Gasteiger partial charge in [0, 0.05) is 31.0 Å². The monoisotopic (exact) mass is 477 g/mol. The summed E-state index contributed by atoms with van der Waals surface area (Å²) in [6.07, 6.45) is 3.69. The van der Waals surface area contributed by atoms with Crippen LogP contribution in [0.2, 0.25) is 0 Å². The number of aromatic nitrogens is 1. The minimum absolute atomic E-state index is 0.341. The number of fused-ring (bicyclic) bond motifs is 3. The van der Waals surface area contributed by atoms with Gasteiger partial charge < -0.3 is 9.67 Å². The van der Waals surface area contributed by atoms with E-state index < -0.39 is 0 Å². The molecule has 0 atom stereocenters. The Morgan fingerprint density at radius 1 is 1.15 bits per heavy atom. The zero-order valence-corrected chi connectivity index (χ0v) is 18.4. The molecule has 4 heteroatoms. The largest absolute Gasteiger partial charge is 0.508 e. The van der Waals surface area contributed by atoms with Crippen molar-refractivity contribution in [3.63, 3.8) is 0 Å². The molecule has 0 amide bonds. The molecule has 2 nitrogen and oxygen atoms in total. The van der Waals surface area contributed by atoms with Gasteiger partial charge in [-0.15, -0.1) is 0 Å². The molecule has 0 unspecified atom stereocenters. The minimum Gasteiger partial charge on any atom is -0.508 e. The van der Waals surface area contributed by atoms with Crippen LogP contribution >= 0.6 is 34.4 Å². The van der Waals surface area contributed by atoms with Gasteiger partial charge in [-0.2, -0.15) is 0 Å². The number of aryl methyl sites for hydroxylation is 2. The van der Waals surface area contributed by atoms with Crippen molar-refractivity contribution >= 4 is 45.3 Å². The van der Waals surface area contributed by atoms with Crippen LogP contribution in [0.3, 0.4) is 0 Å². The van der Waals surface area contributed by atoms with E-state index in [1.807, 2.05) is 17.8 Å². The van der Waals surface area contributed by atoms with E-state index in [1.165, 1.54) is 48.4 Å². The van der Waals surface area contributed by atoms with Crippen LogP contribution in [0, 0.1) is 10.5 Å². The molecule has 1 aliphatic heterocycles. The number of phenols is 1. The fourth-order valence-corrected chi connectivity index (χ4v) is 5.84. The topological polar surface area (TPSA) is 25.2 Å². The molecule has 2 aromatic carbocycles. The van der Waals surface area contributed by atoms with Gasteiger partial charge in [0.05, 0.1) is 5.52 Å². The van der Waals surface area contributed by atoms with Crippen LogP contribution in [0.4, 0.5) is 0 Å². The van der Waals surface area contributed by atoms with Gasteiger partial charge in [0.2, 0.25) is 0 Å². The molecule has 1 N–H and O–H groups in total. The lowest BCUT2D eigenvalue weighted by molar-refractivity contribution is 0.474. The van der Waals surface area contributed by atoms with E-state index >= 15 is 0 Å². The molecule has 26 heavy (non-hydrogen) atoms. The van der Waals surface area contributed by atoms with Crippen LogP contribution in [0.1, 0.15) is 49.4 Å². The number of aromatic hydroxyl groups is 1. The second-order valence-electron chi connectivity index (χ2n) is 7.48. The molecule has 0 saturated carbocycles. The predicted octanol–water partition coefficient (Wildman–Crippen LogP) is 6.87. The highest BCUT2D eigenvalue weighted by atomic mass is 127. The Morgan fingerprint density at radius 2 is 1.96 bits per heavy atom. The van der Waals surface area contributed by atoms with Crippen LogP contribution in [-0.2, 0) is 13.0 Å². The Morgan fingerprint density at radius 3 is 2.69 bits per heavy atom. The van der Waals surface area contributed by atoms with Crippen molar-refractivity contribution in [1.29, 1.82) is 0 Å². The number of benzene rings is 2. The second-order valence-corrected chi connectivity index (χ2v) is 9.78. The maximum Gasteiger partial charge on any atom is 0.115 e. The van der Waals surface area contributed by atoms with Crippen molar-refractivity contribution in [1.82, 2.24) is 4.57 Å². The zero-order valence-electron chi connectivity index (χ0n) is 15.5. The zero-order chi connectivity index (χ0) is 18.4. The first-order chi connectivity index (χ1) is 12.5. The SMILES string of the molecule is Cc1cc(O)ccc1Sc1c2n(c3cc(I)cc(C(C)C)c13)CCCC2. The summed E-state index contributed by atoms with van der Waals surface area (Å²) in [4.78, 5) is 2.66. The van der Waals surface area contributed by atoms with E-state index in [2.05, 4.69) is 66.1 Å². The van der Waals surface area contributed by atoms with E-state index in [9.17, 15) is 5.11 Å². The van der Waals surface area contributed by atoms with Gasteiger partial charge >= 0.3 is 0 Å². The number of halogens is 1. The van der Waals surface area contributed by atoms with Gasteiger partial charge in [0.1, 0.15) is 5.75 Å². The molecule has 0 spiro atoms. The van der Waals surface area contributed by atoms with E-state index in [1.54, 1.807) is 6.07 Å². The van der Waals surface area contributed by atoms with Crippen LogP contribution in [0.15, 0.2) is 40.1 Å². The molecule has 2 heterocycles. The van der Waals surface area contributed by atoms with Gasteiger partial charge in [0.15, 0.2) is 0 Å². The van der Waals surface area contributed by atoms with E-state index in [0.29, 0.717) is 11.7 Å². The Labute approximate surface area is 173 Å². The van der Waals surface area contributed by atoms with Crippen LogP contribution in [-0.4, -0.2) is 9.67 Å². The fraction of sp³-hybridized carbons (Fsp3) is 0.364. The summed E-state index contributed by atoms with van der Waals surface area (Å²) in [5, 5.41) is 11.2. The van der Waals surface area contributed by atoms with Crippen molar-refractivity contribution in [3.05, 3.63) is 50.7 Å². The molecule has 0 radical (unpaired) electrons. The average molecular weight is 477 g/mol. The molecular weight excluding hydrogens is 453 g/mol. The highest BCUT2D eigenvalue weighted by Crippen LogP contribution is 2.45. The Kier molecular flexibility index (Phi) is 4.99. The van der Waals surface area contributed by atoms with Crippen molar-refractivity contribution in [3.8, 4) is 5.75 Å². The summed E-state index contributed by atoms with van der Waals surface area (Å²) < 4.78 is 3.88. The summed E-state index contributed by atoms with van der Waals surface area (Å²) in [6.45, 7) is 7.79.